The summed E-state index contributed by atoms with van der Waals surface area (Å²) in [6, 6.07) is 0. The van der Waals surface area contributed by atoms with Crippen molar-refractivity contribution in [2.24, 2.45) is 0 Å². The van der Waals surface area contributed by atoms with Gasteiger partial charge in [0.15, 0.2) is 0 Å². The monoisotopic (exact) mass is 210 g/mol. The first-order valence-electron chi connectivity index (χ1n) is 2.89. The van der Waals surface area contributed by atoms with Gasteiger partial charge >= 0.3 is 0 Å². The van der Waals surface area contributed by atoms with Gasteiger partial charge in [-0.2, -0.15) is 25.5 Å². The highest BCUT2D eigenvalue weighted by Crippen LogP contribution is 2.16. The van der Waals surface area contributed by atoms with Gasteiger partial charge in [-0.25, -0.2) is 0 Å². The summed E-state index contributed by atoms with van der Waals surface area (Å²) in [6.45, 7) is 0. The van der Waals surface area contributed by atoms with Crippen LogP contribution in [0.25, 0.3) is 0 Å². The standard InChI is InChI=1S/C5H2N6S2/c6-1-12-4-9-3(8)10-5(11-4)13-2-7/h(H2,8,9,10,11). The van der Waals surface area contributed by atoms with Gasteiger partial charge in [0, 0.05) is 23.5 Å². The highest BCUT2D eigenvalue weighted by Gasteiger charge is 2.04. The van der Waals surface area contributed by atoms with Crippen LogP contribution >= 0.6 is 23.5 Å². The van der Waals surface area contributed by atoms with Crippen LogP contribution < -0.4 is 5.73 Å². The second-order valence-electron chi connectivity index (χ2n) is 1.65. The van der Waals surface area contributed by atoms with Gasteiger partial charge in [-0.05, 0) is 0 Å². The number of nitriles is 2. The Kier molecular flexibility index (Phi) is 3.31. The third-order valence-electron chi connectivity index (χ3n) is 0.886. The quantitative estimate of drug-likeness (QED) is 0.557. The zero-order valence-corrected chi connectivity index (χ0v) is 7.76. The Labute approximate surface area is 82.2 Å². The minimum atomic E-state index is 0.00509. The molecule has 0 bridgehead atoms. The van der Waals surface area contributed by atoms with E-state index in [0.29, 0.717) is 0 Å². The molecule has 0 amide bonds. The lowest BCUT2D eigenvalue weighted by Gasteiger charge is -1.96. The summed E-state index contributed by atoms with van der Waals surface area (Å²) in [5, 5.41) is 20.7. The van der Waals surface area contributed by atoms with Gasteiger partial charge in [-0.15, -0.1) is 0 Å². The first kappa shape index (κ1) is 9.58. The molecule has 13 heavy (non-hydrogen) atoms. The molecule has 0 saturated heterocycles. The molecule has 8 heteroatoms. The summed E-state index contributed by atoms with van der Waals surface area (Å²) in [5.74, 6) is 0.00509. The summed E-state index contributed by atoms with van der Waals surface area (Å²) in [5.41, 5.74) is 5.31. The molecule has 0 aliphatic heterocycles. The molecule has 0 aromatic carbocycles. The van der Waals surface area contributed by atoms with Crippen molar-refractivity contribution in [3.8, 4) is 10.8 Å². The second kappa shape index (κ2) is 4.50. The number of aromatic nitrogens is 3. The molecule has 6 nitrogen and oxygen atoms in total. The van der Waals surface area contributed by atoms with Crippen molar-refractivity contribution >= 4 is 29.5 Å². The van der Waals surface area contributed by atoms with Crippen LogP contribution in [-0.4, -0.2) is 15.0 Å². The molecule has 0 atom stereocenters. The third-order valence-corrected chi connectivity index (χ3v) is 1.80. The largest absolute Gasteiger partial charge is 0.368 e. The summed E-state index contributed by atoms with van der Waals surface area (Å²) in [6.07, 6.45) is 0. The van der Waals surface area contributed by atoms with Crippen molar-refractivity contribution in [2.75, 3.05) is 5.73 Å². The normalized spacial score (nSPS) is 8.77. The van der Waals surface area contributed by atoms with Gasteiger partial charge < -0.3 is 5.73 Å². The molecule has 0 unspecified atom stereocenters. The van der Waals surface area contributed by atoms with Crippen molar-refractivity contribution in [1.82, 2.24) is 15.0 Å². The number of nitrogens with two attached hydrogens (primary N) is 1. The molecule has 0 fully saturated rings. The number of anilines is 1. The Balaban J connectivity index is 2.99. The van der Waals surface area contributed by atoms with Crippen LogP contribution in [0.15, 0.2) is 10.3 Å². The molecule has 2 N–H and O–H groups in total. The van der Waals surface area contributed by atoms with E-state index in [1.807, 2.05) is 0 Å². The van der Waals surface area contributed by atoms with Crippen LogP contribution in [0.5, 0.6) is 0 Å². The van der Waals surface area contributed by atoms with Crippen LogP contribution in [0.4, 0.5) is 5.95 Å². The fourth-order valence-corrected chi connectivity index (χ4v) is 1.29. The molecule has 0 radical (unpaired) electrons. The van der Waals surface area contributed by atoms with E-state index in [0.717, 1.165) is 23.5 Å². The summed E-state index contributed by atoms with van der Waals surface area (Å²) >= 11 is 1.54. The maximum absolute atomic E-state index is 8.33. The van der Waals surface area contributed by atoms with E-state index in [1.165, 1.54) is 0 Å². The first-order valence-corrected chi connectivity index (χ1v) is 4.53. The average Bonchev–Trinajstić information content (AvgIpc) is 2.04. The van der Waals surface area contributed by atoms with Gasteiger partial charge in [0.05, 0.1) is 0 Å². The van der Waals surface area contributed by atoms with Crippen molar-refractivity contribution in [3.63, 3.8) is 0 Å². The van der Waals surface area contributed by atoms with Gasteiger partial charge in [0.25, 0.3) is 0 Å². The predicted molar refractivity (Wildman–Crippen MR) is 47.2 cm³/mol. The molecule has 1 rings (SSSR count). The van der Waals surface area contributed by atoms with E-state index in [4.69, 9.17) is 16.3 Å². The Morgan fingerprint density at radius 3 is 1.85 bits per heavy atom. The zero-order chi connectivity index (χ0) is 9.68. The summed E-state index contributed by atoms with van der Waals surface area (Å²) in [7, 11) is 0. The smallest absolute Gasteiger partial charge is 0.225 e. The second-order valence-corrected chi connectivity index (χ2v) is 3.15. The van der Waals surface area contributed by atoms with Crippen molar-refractivity contribution in [1.29, 1.82) is 10.5 Å². The van der Waals surface area contributed by atoms with E-state index >= 15 is 0 Å². The lowest BCUT2D eigenvalue weighted by atomic mass is 11.0. The lowest BCUT2D eigenvalue weighted by molar-refractivity contribution is 0.817. The molecule has 0 saturated carbocycles. The minimum Gasteiger partial charge on any atom is -0.368 e. The number of hydrogen-bond donors (Lipinski definition) is 1. The molecule has 1 aromatic rings. The number of hydrogen-bond acceptors (Lipinski definition) is 8. The summed E-state index contributed by atoms with van der Waals surface area (Å²) in [4.78, 5) is 11.1. The fraction of sp³-hybridized carbons (Fsp3) is 0. The molecular weight excluding hydrogens is 208 g/mol. The number of thioether (sulfide) groups is 2. The van der Waals surface area contributed by atoms with Gasteiger partial charge in [-0.1, -0.05) is 0 Å². The van der Waals surface area contributed by atoms with Crippen molar-refractivity contribution < 1.29 is 0 Å². The molecule has 1 aromatic heterocycles. The number of nitrogen functional groups attached to an aromatic ring is 1. The molecule has 1 heterocycles. The van der Waals surface area contributed by atoms with E-state index < -0.39 is 0 Å². The van der Waals surface area contributed by atoms with E-state index in [9.17, 15) is 0 Å². The van der Waals surface area contributed by atoms with Crippen LogP contribution in [0.2, 0.25) is 0 Å². The van der Waals surface area contributed by atoms with Crippen LogP contribution in [-0.2, 0) is 0 Å². The Morgan fingerprint density at radius 1 is 1.00 bits per heavy atom. The van der Waals surface area contributed by atoms with Crippen LogP contribution in [0, 0.1) is 21.3 Å². The molecule has 0 spiro atoms. The SMILES string of the molecule is N#CSc1nc(N)nc(SC#N)n1. The Hall–Kier alpha value is -1.51. The van der Waals surface area contributed by atoms with E-state index in [1.54, 1.807) is 10.8 Å². The van der Waals surface area contributed by atoms with Gasteiger partial charge in [0.2, 0.25) is 16.3 Å². The highest BCUT2D eigenvalue weighted by atomic mass is 32.2. The highest BCUT2D eigenvalue weighted by molar-refractivity contribution is 8.04. The molecule has 0 aliphatic rings. The van der Waals surface area contributed by atoms with Crippen LogP contribution in [0.1, 0.15) is 0 Å². The van der Waals surface area contributed by atoms with Crippen molar-refractivity contribution in [2.45, 2.75) is 10.3 Å². The zero-order valence-electron chi connectivity index (χ0n) is 6.13. The maximum atomic E-state index is 8.33. The molecular formula is C5H2N6S2. The Morgan fingerprint density at radius 2 is 1.46 bits per heavy atom. The molecule has 64 valence electrons. The predicted octanol–water partition coefficient (Wildman–Crippen LogP) is 0.600. The van der Waals surface area contributed by atoms with Crippen LogP contribution in [0.3, 0.4) is 0 Å². The number of nitrogens with zero attached hydrogens (tertiary/aromatic N) is 5. The van der Waals surface area contributed by atoms with Crippen molar-refractivity contribution in [3.05, 3.63) is 0 Å². The average molecular weight is 210 g/mol. The number of rotatable bonds is 2. The lowest BCUT2D eigenvalue weighted by Crippen LogP contribution is -1.99. The Bertz CT molecular complexity index is 357. The minimum absolute atomic E-state index is 0.00509. The van der Waals surface area contributed by atoms with Gasteiger partial charge in [-0.3, -0.25) is 0 Å². The molecule has 0 aliphatic carbocycles. The van der Waals surface area contributed by atoms with Gasteiger partial charge in [0.1, 0.15) is 10.8 Å². The number of thiocyanates is 2. The van der Waals surface area contributed by atoms with E-state index in [2.05, 4.69) is 15.0 Å². The third kappa shape index (κ3) is 2.78. The fourth-order valence-electron chi connectivity index (χ4n) is 0.526. The first-order chi connectivity index (χ1) is 6.26. The summed E-state index contributed by atoms with van der Waals surface area (Å²) < 4.78 is 0. The maximum Gasteiger partial charge on any atom is 0.225 e. The topological polar surface area (TPSA) is 112 Å². The van der Waals surface area contributed by atoms with E-state index in [-0.39, 0.29) is 16.3 Å².